The number of hydrogen-bond acceptors (Lipinski definition) is 3. The van der Waals surface area contributed by atoms with E-state index in [1.165, 1.54) is 4.90 Å². The van der Waals surface area contributed by atoms with Crippen LogP contribution in [0.1, 0.15) is 12.0 Å². The van der Waals surface area contributed by atoms with Crippen LogP contribution in [0, 0.1) is 0 Å². The molecule has 0 aromatic heterocycles. The Hall–Kier alpha value is -2.17. The fourth-order valence-corrected chi connectivity index (χ4v) is 2.74. The lowest BCUT2D eigenvalue weighted by atomic mass is 10.2. The SMILES string of the molecule is O=C1C[C@@H](NCc2cccc(Cl)c2)C(=O)N1c1ccccc1. The minimum absolute atomic E-state index is 0.175. The smallest absolute Gasteiger partial charge is 0.251 e. The summed E-state index contributed by atoms with van der Waals surface area (Å²) in [6.45, 7) is 0.493. The standard InChI is InChI=1S/C17H15ClN2O2/c18-13-6-4-5-12(9-13)11-19-15-10-16(21)20(17(15)22)14-7-2-1-3-8-14/h1-9,15,19H,10-11H2/t15-/m1/s1. The first-order chi connectivity index (χ1) is 10.6. The van der Waals surface area contributed by atoms with E-state index in [-0.39, 0.29) is 18.2 Å². The summed E-state index contributed by atoms with van der Waals surface area (Å²) in [6, 6.07) is 15.9. The fourth-order valence-electron chi connectivity index (χ4n) is 2.53. The van der Waals surface area contributed by atoms with Crippen molar-refractivity contribution in [2.24, 2.45) is 0 Å². The zero-order valence-electron chi connectivity index (χ0n) is 11.8. The summed E-state index contributed by atoms with van der Waals surface area (Å²) in [5.74, 6) is -0.391. The van der Waals surface area contributed by atoms with E-state index in [4.69, 9.17) is 11.6 Å². The van der Waals surface area contributed by atoms with E-state index >= 15 is 0 Å². The topological polar surface area (TPSA) is 49.4 Å². The Morgan fingerprint density at radius 3 is 2.59 bits per heavy atom. The molecule has 0 radical (unpaired) electrons. The maximum absolute atomic E-state index is 12.4. The first kappa shape index (κ1) is 14.8. The van der Waals surface area contributed by atoms with Crippen molar-refractivity contribution in [3.63, 3.8) is 0 Å². The number of nitrogens with zero attached hydrogens (tertiary/aromatic N) is 1. The van der Waals surface area contributed by atoms with Crippen molar-refractivity contribution in [1.82, 2.24) is 5.32 Å². The summed E-state index contributed by atoms with van der Waals surface area (Å²) in [7, 11) is 0. The Balaban J connectivity index is 1.69. The van der Waals surface area contributed by atoms with Gasteiger partial charge in [-0.1, -0.05) is 41.9 Å². The highest BCUT2D eigenvalue weighted by molar-refractivity contribution is 6.30. The third-order valence-corrected chi connectivity index (χ3v) is 3.84. The molecule has 2 amide bonds. The number of carbonyl (C=O) groups excluding carboxylic acids is 2. The molecule has 3 rings (SSSR count). The number of para-hydroxylation sites is 1. The van der Waals surface area contributed by atoms with Gasteiger partial charge in [0.05, 0.1) is 18.2 Å². The molecule has 112 valence electrons. The number of halogens is 1. The molecule has 4 nitrogen and oxygen atoms in total. The van der Waals surface area contributed by atoms with Gasteiger partial charge in [0.2, 0.25) is 5.91 Å². The van der Waals surface area contributed by atoms with Gasteiger partial charge in [0.25, 0.3) is 5.91 Å². The van der Waals surface area contributed by atoms with Crippen LogP contribution >= 0.6 is 11.6 Å². The Kier molecular flexibility index (Phi) is 4.22. The number of benzene rings is 2. The minimum atomic E-state index is -0.494. The Morgan fingerprint density at radius 2 is 1.86 bits per heavy atom. The van der Waals surface area contributed by atoms with Crippen LogP contribution in [-0.4, -0.2) is 17.9 Å². The molecule has 0 saturated carbocycles. The fraction of sp³-hybridized carbons (Fsp3) is 0.176. The van der Waals surface area contributed by atoms with Gasteiger partial charge >= 0.3 is 0 Å². The van der Waals surface area contributed by atoms with Crippen LogP contribution < -0.4 is 10.2 Å². The molecule has 0 bridgehead atoms. The second-order valence-electron chi connectivity index (χ2n) is 5.17. The molecule has 22 heavy (non-hydrogen) atoms. The molecule has 0 unspecified atom stereocenters. The molecule has 2 aromatic rings. The Morgan fingerprint density at radius 1 is 1.09 bits per heavy atom. The highest BCUT2D eigenvalue weighted by Crippen LogP contribution is 2.22. The van der Waals surface area contributed by atoms with E-state index in [1.807, 2.05) is 36.4 Å². The first-order valence-electron chi connectivity index (χ1n) is 7.05. The number of hydrogen-bond donors (Lipinski definition) is 1. The number of imide groups is 1. The number of amides is 2. The van der Waals surface area contributed by atoms with Gasteiger partial charge in [-0.2, -0.15) is 0 Å². The van der Waals surface area contributed by atoms with Crippen molar-refractivity contribution in [3.8, 4) is 0 Å². The van der Waals surface area contributed by atoms with E-state index in [1.54, 1.807) is 18.2 Å². The molecule has 2 aromatic carbocycles. The van der Waals surface area contributed by atoms with E-state index in [0.717, 1.165) is 5.56 Å². The monoisotopic (exact) mass is 314 g/mol. The molecule has 1 N–H and O–H groups in total. The minimum Gasteiger partial charge on any atom is -0.301 e. The lowest BCUT2D eigenvalue weighted by molar-refractivity contribution is -0.121. The number of carbonyl (C=O) groups is 2. The molecular weight excluding hydrogens is 300 g/mol. The molecule has 1 saturated heterocycles. The zero-order chi connectivity index (χ0) is 15.5. The van der Waals surface area contributed by atoms with E-state index in [2.05, 4.69) is 5.32 Å². The van der Waals surface area contributed by atoms with E-state index < -0.39 is 6.04 Å². The van der Waals surface area contributed by atoms with Gasteiger partial charge in [0, 0.05) is 11.6 Å². The third-order valence-electron chi connectivity index (χ3n) is 3.60. The highest BCUT2D eigenvalue weighted by Gasteiger charge is 2.39. The van der Waals surface area contributed by atoms with Crippen LogP contribution in [0.5, 0.6) is 0 Å². The maximum atomic E-state index is 12.4. The predicted octanol–water partition coefficient (Wildman–Crippen LogP) is 2.76. The average molecular weight is 315 g/mol. The lowest BCUT2D eigenvalue weighted by Gasteiger charge is -2.15. The van der Waals surface area contributed by atoms with E-state index in [9.17, 15) is 9.59 Å². The van der Waals surface area contributed by atoms with Gasteiger partial charge in [-0.15, -0.1) is 0 Å². The van der Waals surface area contributed by atoms with Crippen LogP contribution in [0.25, 0.3) is 0 Å². The largest absolute Gasteiger partial charge is 0.301 e. The predicted molar refractivity (Wildman–Crippen MR) is 85.6 cm³/mol. The van der Waals surface area contributed by atoms with Crippen molar-refractivity contribution in [1.29, 1.82) is 0 Å². The summed E-state index contributed by atoms with van der Waals surface area (Å²) in [6.07, 6.45) is 0.175. The lowest BCUT2D eigenvalue weighted by Crippen LogP contribution is -2.38. The van der Waals surface area contributed by atoms with Crippen LogP contribution in [0.3, 0.4) is 0 Å². The van der Waals surface area contributed by atoms with Gasteiger partial charge < -0.3 is 5.32 Å². The molecule has 1 atom stereocenters. The molecule has 1 fully saturated rings. The molecule has 1 aliphatic heterocycles. The number of anilines is 1. The molecular formula is C17H15ClN2O2. The van der Waals surface area contributed by atoms with Crippen LogP contribution in [0.2, 0.25) is 5.02 Å². The molecule has 0 spiro atoms. The second-order valence-corrected chi connectivity index (χ2v) is 5.61. The van der Waals surface area contributed by atoms with Crippen LogP contribution in [-0.2, 0) is 16.1 Å². The second kappa shape index (κ2) is 6.30. The van der Waals surface area contributed by atoms with E-state index in [0.29, 0.717) is 17.3 Å². The third kappa shape index (κ3) is 3.03. The zero-order valence-corrected chi connectivity index (χ0v) is 12.6. The molecule has 5 heteroatoms. The normalized spacial score (nSPS) is 18.0. The van der Waals surface area contributed by atoms with Gasteiger partial charge in [-0.3, -0.25) is 9.59 Å². The Labute approximate surface area is 133 Å². The van der Waals surface area contributed by atoms with Crippen molar-refractivity contribution in [3.05, 3.63) is 65.2 Å². The van der Waals surface area contributed by atoms with Gasteiger partial charge in [-0.05, 0) is 29.8 Å². The van der Waals surface area contributed by atoms with Crippen LogP contribution in [0.4, 0.5) is 5.69 Å². The summed E-state index contributed by atoms with van der Waals surface area (Å²) in [5.41, 5.74) is 1.59. The van der Waals surface area contributed by atoms with Gasteiger partial charge in [0.15, 0.2) is 0 Å². The highest BCUT2D eigenvalue weighted by atomic mass is 35.5. The van der Waals surface area contributed by atoms with Crippen molar-refractivity contribution in [2.45, 2.75) is 19.0 Å². The summed E-state index contributed by atoms with van der Waals surface area (Å²) < 4.78 is 0. The van der Waals surface area contributed by atoms with Gasteiger partial charge in [-0.25, -0.2) is 4.90 Å². The van der Waals surface area contributed by atoms with Crippen molar-refractivity contribution >= 4 is 29.1 Å². The molecule has 0 aliphatic carbocycles. The number of rotatable bonds is 4. The first-order valence-corrected chi connectivity index (χ1v) is 7.42. The van der Waals surface area contributed by atoms with Crippen molar-refractivity contribution < 1.29 is 9.59 Å². The number of nitrogens with one attached hydrogen (secondary N) is 1. The summed E-state index contributed by atoms with van der Waals surface area (Å²) in [4.78, 5) is 25.8. The average Bonchev–Trinajstić information content (AvgIpc) is 2.80. The maximum Gasteiger partial charge on any atom is 0.251 e. The Bertz CT molecular complexity index is 703. The summed E-state index contributed by atoms with van der Waals surface area (Å²) in [5, 5.41) is 3.79. The van der Waals surface area contributed by atoms with Crippen LogP contribution in [0.15, 0.2) is 54.6 Å². The summed E-state index contributed by atoms with van der Waals surface area (Å²) >= 11 is 5.94. The van der Waals surface area contributed by atoms with Crippen molar-refractivity contribution in [2.75, 3.05) is 4.90 Å². The molecule has 1 aliphatic rings. The molecule has 1 heterocycles. The van der Waals surface area contributed by atoms with Gasteiger partial charge in [0.1, 0.15) is 0 Å². The quantitative estimate of drug-likeness (QED) is 0.883.